The van der Waals surface area contributed by atoms with E-state index in [4.69, 9.17) is 4.74 Å². The van der Waals surface area contributed by atoms with E-state index in [0.717, 1.165) is 5.69 Å². The van der Waals surface area contributed by atoms with Gasteiger partial charge >= 0.3 is 0 Å². The first-order valence-corrected chi connectivity index (χ1v) is 11.2. The van der Waals surface area contributed by atoms with Crippen molar-refractivity contribution >= 4 is 27.2 Å². The summed E-state index contributed by atoms with van der Waals surface area (Å²) in [7, 11) is -4.00. The van der Waals surface area contributed by atoms with Crippen LogP contribution in [0.15, 0.2) is 99.9 Å². The normalized spacial score (nSPS) is 14.7. The molecular formula is C24H20N2O4S. The van der Waals surface area contributed by atoms with Crippen LogP contribution in [-0.2, 0) is 10.0 Å². The molecule has 1 N–H and O–H groups in total. The summed E-state index contributed by atoms with van der Waals surface area (Å²) in [4.78, 5) is 13.0. The number of benzene rings is 3. The van der Waals surface area contributed by atoms with E-state index in [1.165, 1.54) is 18.2 Å². The third kappa shape index (κ3) is 4.41. The molecule has 0 saturated carbocycles. The lowest BCUT2D eigenvalue weighted by atomic mass is 9.92. The van der Waals surface area contributed by atoms with Crippen molar-refractivity contribution in [1.29, 1.82) is 0 Å². The Kier molecular flexibility index (Phi) is 5.68. The van der Waals surface area contributed by atoms with Crippen LogP contribution in [0.5, 0.6) is 5.75 Å². The van der Waals surface area contributed by atoms with Crippen LogP contribution < -0.4 is 10.1 Å². The maximum atomic E-state index is 13.0. The van der Waals surface area contributed by atoms with Crippen LogP contribution in [0, 0.1) is 0 Å². The highest BCUT2D eigenvalue weighted by Crippen LogP contribution is 2.25. The number of sulfonamides is 1. The third-order valence-corrected chi connectivity index (χ3v) is 5.98. The van der Waals surface area contributed by atoms with Gasteiger partial charge in [-0.05, 0) is 49.4 Å². The maximum absolute atomic E-state index is 13.0. The molecule has 0 amide bonds. The smallest absolute Gasteiger partial charge is 0.282 e. The number of para-hydroxylation sites is 1. The van der Waals surface area contributed by atoms with Crippen molar-refractivity contribution in [3.05, 3.63) is 102 Å². The summed E-state index contributed by atoms with van der Waals surface area (Å²) < 4.78 is 35.4. The molecule has 3 aromatic rings. The molecule has 0 bridgehead atoms. The Bertz CT molecular complexity index is 1280. The zero-order chi connectivity index (χ0) is 21.8. The maximum Gasteiger partial charge on any atom is 0.282 e. The van der Waals surface area contributed by atoms with E-state index in [1.807, 2.05) is 37.3 Å². The Morgan fingerprint density at radius 3 is 2.19 bits per heavy atom. The van der Waals surface area contributed by atoms with Gasteiger partial charge in [0.25, 0.3) is 10.0 Å². The molecule has 0 saturated heterocycles. The Balaban J connectivity index is 1.76. The number of hydrogen-bond acceptors (Lipinski definition) is 5. The summed E-state index contributed by atoms with van der Waals surface area (Å²) in [5.74, 6) is 0.355. The van der Waals surface area contributed by atoms with Crippen molar-refractivity contribution < 1.29 is 17.9 Å². The van der Waals surface area contributed by atoms with E-state index in [9.17, 15) is 13.2 Å². The van der Waals surface area contributed by atoms with Crippen LogP contribution in [0.4, 0.5) is 5.69 Å². The fourth-order valence-corrected chi connectivity index (χ4v) is 4.23. The number of hydrogen-bond donors (Lipinski definition) is 1. The molecule has 0 aromatic heterocycles. The van der Waals surface area contributed by atoms with Gasteiger partial charge in [0.15, 0.2) is 0 Å². The fraction of sp³-hybridized carbons (Fsp3) is 0.0833. The van der Waals surface area contributed by atoms with Crippen LogP contribution >= 0.6 is 0 Å². The van der Waals surface area contributed by atoms with Gasteiger partial charge in [0.2, 0.25) is 5.78 Å². The van der Waals surface area contributed by atoms with Crippen LogP contribution in [0.1, 0.15) is 22.8 Å². The predicted molar refractivity (Wildman–Crippen MR) is 120 cm³/mol. The second-order valence-corrected chi connectivity index (χ2v) is 8.38. The molecule has 7 heteroatoms. The first kappa shape index (κ1) is 20.6. The van der Waals surface area contributed by atoms with Crippen molar-refractivity contribution in [1.82, 2.24) is 0 Å². The first-order chi connectivity index (χ1) is 15.0. The SMILES string of the molecule is CCOc1ccc(S(=O)(=O)N=C2C=C(Nc3ccccc3)C(=O)c3ccccc32)cc1. The Morgan fingerprint density at radius 2 is 1.52 bits per heavy atom. The number of anilines is 1. The number of allylic oxidation sites excluding steroid dienone is 2. The monoisotopic (exact) mass is 432 g/mol. The number of rotatable bonds is 6. The third-order valence-electron chi connectivity index (χ3n) is 4.68. The molecular weight excluding hydrogens is 412 g/mol. The summed E-state index contributed by atoms with van der Waals surface area (Å²) in [6.07, 6.45) is 1.48. The number of carbonyl (C=O) groups excluding carboxylic acids is 1. The Morgan fingerprint density at radius 1 is 0.871 bits per heavy atom. The summed E-state index contributed by atoms with van der Waals surface area (Å²) >= 11 is 0. The molecule has 0 aliphatic heterocycles. The average molecular weight is 433 g/mol. The molecule has 4 rings (SSSR count). The lowest BCUT2D eigenvalue weighted by Gasteiger charge is -2.18. The van der Waals surface area contributed by atoms with Gasteiger partial charge in [0.05, 0.1) is 22.9 Å². The minimum Gasteiger partial charge on any atom is -0.494 e. The number of ether oxygens (including phenoxy) is 1. The predicted octanol–water partition coefficient (Wildman–Crippen LogP) is 4.46. The number of nitrogens with one attached hydrogen (secondary N) is 1. The molecule has 0 atom stereocenters. The largest absolute Gasteiger partial charge is 0.494 e. The second kappa shape index (κ2) is 8.57. The van der Waals surface area contributed by atoms with E-state index in [1.54, 1.807) is 36.4 Å². The molecule has 3 aromatic carbocycles. The highest BCUT2D eigenvalue weighted by Gasteiger charge is 2.26. The summed E-state index contributed by atoms with van der Waals surface area (Å²) in [5, 5.41) is 3.07. The minimum atomic E-state index is -4.00. The van der Waals surface area contributed by atoms with Crippen LogP contribution in [0.3, 0.4) is 0 Å². The standard InChI is InChI=1S/C24H20N2O4S/c1-2-30-18-12-14-19(15-13-18)31(28,29)26-22-16-23(25-17-8-4-3-5-9-17)24(27)21-11-7-6-10-20(21)22/h3-16,25H,2H2,1H3. The highest BCUT2D eigenvalue weighted by molar-refractivity contribution is 7.90. The van der Waals surface area contributed by atoms with Gasteiger partial charge in [-0.15, -0.1) is 0 Å². The van der Waals surface area contributed by atoms with Gasteiger partial charge in [-0.25, -0.2) is 0 Å². The molecule has 0 fully saturated rings. The lowest BCUT2D eigenvalue weighted by molar-refractivity contribution is 0.103. The summed E-state index contributed by atoms with van der Waals surface area (Å²) in [5.41, 5.74) is 2.04. The topological polar surface area (TPSA) is 84.8 Å². The number of ketones is 1. The fourth-order valence-electron chi connectivity index (χ4n) is 3.23. The molecule has 0 heterocycles. The van der Waals surface area contributed by atoms with Gasteiger partial charge in [0.1, 0.15) is 5.75 Å². The number of Topliss-reactive ketones (excluding diaryl/α,β-unsaturated/α-hetero) is 1. The van der Waals surface area contributed by atoms with Crippen molar-refractivity contribution in [3.8, 4) is 5.75 Å². The molecule has 6 nitrogen and oxygen atoms in total. The van der Waals surface area contributed by atoms with Gasteiger partial charge < -0.3 is 10.1 Å². The molecule has 1 aliphatic rings. The van der Waals surface area contributed by atoms with Crippen LogP contribution in [0.25, 0.3) is 0 Å². The molecule has 0 unspecified atom stereocenters. The molecule has 31 heavy (non-hydrogen) atoms. The number of carbonyl (C=O) groups is 1. The molecule has 1 aliphatic carbocycles. The molecule has 156 valence electrons. The summed E-state index contributed by atoms with van der Waals surface area (Å²) in [6.45, 7) is 2.34. The van der Waals surface area contributed by atoms with Crippen molar-refractivity contribution in [2.24, 2.45) is 4.40 Å². The minimum absolute atomic E-state index is 0.0452. The average Bonchev–Trinajstić information content (AvgIpc) is 2.78. The van der Waals surface area contributed by atoms with Crippen LogP contribution in [-0.4, -0.2) is 26.5 Å². The van der Waals surface area contributed by atoms with Crippen molar-refractivity contribution in [2.45, 2.75) is 11.8 Å². The zero-order valence-corrected chi connectivity index (χ0v) is 17.6. The first-order valence-electron chi connectivity index (χ1n) is 9.73. The summed E-state index contributed by atoms with van der Waals surface area (Å²) in [6, 6.07) is 22.1. The van der Waals surface area contributed by atoms with Gasteiger partial charge in [0, 0.05) is 16.8 Å². The quantitative estimate of drug-likeness (QED) is 0.622. The molecule has 0 radical (unpaired) electrons. The van der Waals surface area contributed by atoms with Gasteiger partial charge in [-0.2, -0.15) is 12.8 Å². The van der Waals surface area contributed by atoms with E-state index >= 15 is 0 Å². The van der Waals surface area contributed by atoms with Gasteiger partial charge in [-0.3, -0.25) is 4.79 Å². The zero-order valence-electron chi connectivity index (χ0n) is 16.8. The van der Waals surface area contributed by atoms with Crippen molar-refractivity contribution in [3.63, 3.8) is 0 Å². The highest BCUT2D eigenvalue weighted by atomic mass is 32.2. The van der Waals surface area contributed by atoms with E-state index in [0.29, 0.717) is 23.5 Å². The van der Waals surface area contributed by atoms with E-state index < -0.39 is 10.0 Å². The number of nitrogens with zero attached hydrogens (tertiary/aromatic N) is 1. The Labute approximate surface area is 181 Å². The second-order valence-electron chi connectivity index (χ2n) is 6.78. The van der Waals surface area contributed by atoms with Crippen molar-refractivity contribution in [2.75, 3.05) is 11.9 Å². The van der Waals surface area contributed by atoms with Crippen LogP contribution in [0.2, 0.25) is 0 Å². The molecule has 0 spiro atoms. The van der Waals surface area contributed by atoms with E-state index in [-0.39, 0.29) is 22.1 Å². The number of fused-ring (bicyclic) bond motifs is 1. The van der Waals surface area contributed by atoms with Gasteiger partial charge in [-0.1, -0.05) is 42.5 Å². The lowest BCUT2D eigenvalue weighted by Crippen LogP contribution is -2.22. The Hall–Kier alpha value is -3.71. The van der Waals surface area contributed by atoms with E-state index in [2.05, 4.69) is 9.71 Å².